The average molecular weight is 324 g/mol. The van der Waals surface area contributed by atoms with Gasteiger partial charge in [0.2, 0.25) is 11.8 Å². The average Bonchev–Trinajstić information content (AvgIpc) is 3.01. The number of benzene rings is 2. The molecule has 5 heteroatoms. The second-order valence-electron chi connectivity index (χ2n) is 5.77. The minimum Gasteiger partial charge on any atom is -0.312 e. The molecule has 2 aromatic rings. The van der Waals surface area contributed by atoms with E-state index in [4.69, 9.17) is 0 Å². The van der Waals surface area contributed by atoms with Crippen LogP contribution >= 0.6 is 11.8 Å². The van der Waals surface area contributed by atoms with Crippen LogP contribution in [-0.4, -0.2) is 31.2 Å². The summed E-state index contributed by atoms with van der Waals surface area (Å²) in [5, 5.41) is 0. The molecule has 2 heterocycles. The van der Waals surface area contributed by atoms with Crippen LogP contribution in [0.5, 0.6) is 0 Å². The number of fused-ring (bicyclic) bond motifs is 2. The molecule has 0 spiro atoms. The van der Waals surface area contributed by atoms with Gasteiger partial charge in [-0.1, -0.05) is 30.3 Å². The lowest BCUT2D eigenvalue weighted by molar-refractivity contribution is -0.123. The van der Waals surface area contributed by atoms with Crippen molar-refractivity contribution in [3.8, 4) is 0 Å². The number of para-hydroxylation sites is 2. The fourth-order valence-corrected chi connectivity index (χ4v) is 4.41. The highest BCUT2D eigenvalue weighted by molar-refractivity contribution is 7.99. The Labute approximate surface area is 139 Å². The molecule has 23 heavy (non-hydrogen) atoms. The predicted molar refractivity (Wildman–Crippen MR) is 92.1 cm³/mol. The summed E-state index contributed by atoms with van der Waals surface area (Å²) >= 11 is 1.71. The molecule has 1 atom stereocenters. The zero-order valence-electron chi connectivity index (χ0n) is 12.7. The fourth-order valence-electron chi connectivity index (χ4n) is 3.19. The third-order valence-electron chi connectivity index (χ3n) is 4.47. The number of amides is 2. The van der Waals surface area contributed by atoms with Gasteiger partial charge in [0.05, 0.1) is 17.3 Å². The van der Waals surface area contributed by atoms with Crippen LogP contribution in [0, 0.1) is 0 Å². The van der Waals surface area contributed by atoms with E-state index in [2.05, 4.69) is 6.07 Å². The van der Waals surface area contributed by atoms with Gasteiger partial charge in [-0.05, 0) is 23.8 Å². The van der Waals surface area contributed by atoms with Crippen LogP contribution in [0.1, 0.15) is 11.5 Å². The molecule has 0 fully saturated rings. The van der Waals surface area contributed by atoms with Gasteiger partial charge >= 0.3 is 0 Å². The molecular weight excluding hydrogens is 308 g/mol. The topological polar surface area (TPSA) is 40.6 Å². The summed E-state index contributed by atoms with van der Waals surface area (Å²) in [4.78, 5) is 29.8. The first kappa shape index (κ1) is 14.3. The van der Waals surface area contributed by atoms with Crippen molar-refractivity contribution in [2.45, 2.75) is 10.8 Å². The normalized spacial score (nSPS) is 19.5. The molecular formula is C18H16N2O2S. The Morgan fingerprint density at radius 2 is 1.78 bits per heavy atom. The third-order valence-corrected chi connectivity index (χ3v) is 5.65. The molecule has 4 rings (SSSR count). The monoisotopic (exact) mass is 324 g/mol. The summed E-state index contributed by atoms with van der Waals surface area (Å²) in [5.41, 5.74) is 2.68. The van der Waals surface area contributed by atoms with Crippen molar-refractivity contribution >= 4 is 35.0 Å². The number of rotatable bonds is 1. The number of hydrogen-bond acceptors (Lipinski definition) is 3. The summed E-state index contributed by atoms with van der Waals surface area (Å²) in [5.74, 6) is 0.508. The number of likely N-dealkylation sites (N-methyl/N-ethyl adjacent to an activating group) is 1. The maximum absolute atomic E-state index is 13.1. The molecule has 0 bridgehead atoms. The molecule has 2 aliphatic rings. The molecule has 0 radical (unpaired) electrons. The smallest absolute Gasteiger partial charge is 0.246 e. The van der Waals surface area contributed by atoms with Crippen molar-refractivity contribution in [1.82, 2.24) is 0 Å². The first-order chi connectivity index (χ1) is 11.2. The Balaban J connectivity index is 1.73. The Morgan fingerprint density at radius 1 is 1.09 bits per heavy atom. The predicted octanol–water partition coefficient (Wildman–Crippen LogP) is 2.89. The number of thioether (sulfide) groups is 1. The van der Waals surface area contributed by atoms with E-state index in [0.717, 1.165) is 22.7 Å². The molecule has 116 valence electrons. The van der Waals surface area contributed by atoms with Crippen molar-refractivity contribution in [1.29, 1.82) is 0 Å². The van der Waals surface area contributed by atoms with Gasteiger partial charge in [-0.3, -0.25) is 9.59 Å². The van der Waals surface area contributed by atoms with E-state index in [1.165, 1.54) is 4.90 Å². The molecule has 0 unspecified atom stereocenters. The van der Waals surface area contributed by atoms with E-state index >= 15 is 0 Å². The summed E-state index contributed by atoms with van der Waals surface area (Å²) < 4.78 is 0. The Hall–Kier alpha value is -2.27. The van der Waals surface area contributed by atoms with Crippen molar-refractivity contribution in [2.24, 2.45) is 0 Å². The molecule has 4 nitrogen and oxygen atoms in total. The summed E-state index contributed by atoms with van der Waals surface area (Å²) in [6, 6.07) is 15.6. The molecule has 0 aromatic heterocycles. The fraction of sp³-hybridized carbons (Fsp3) is 0.222. The first-order valence-electron chi connectivity index (χ1n) is 7.55. The maximum atomic E-state index is 13.1. The zero-order chi connectivity index (χ0) is 16.0. The Kier molecular flexibility index (Phi) is 3.38. The van der Waals surface area contributed by atoms with Gasteiger partial charge in [-0.25, -0.2) is 0 Å². The molecule has 0 saturated carbocycles. The second kappa shape index (κ2) is 5.42. The number of nitrogens with zero attached hydrogens (tertiary/aromatic N) is 2. The van der Waals surface area contributed by atoms with Crippen LogP contribution in [0.25, 0.3) is 0 Å². The quantitative estimate of drug-likeness (QED) is 0.810. The van der Waals surface area contributed by atoms with Gasteiger partial charge in [0.1, 0.15) is 6.54 Å². The maximum Gasteiger partial charge on any atom is 0.246 e. The van der Waals surface area contributed by atoms with Crippen LogP contribution in [0.3, 0.4) is 0 Å². The van der Waals surface area contributed by atoms with E-state index in [-0.39, 0.29) is 24.3 Å². The summed E-state index contributed by atoms with van der Waals surface area (Å²) in [7, 11) is 1.75. The largest absolute Gasteiger partial charge is 0.312 e. The highest BCUT2D eigenvalue weighted by Gasteiger charge is 2.37. The Morgan fingerprint density at radius 3 is 2.61 bits per heavy atom. The van der Waals surface area contributed by atoms with E-state index in [1.54, 1.807) is 28.6 Å². The van der Waals surface area contributed by atoms with Gasteiger partial charge in [0, 0.05) is 17.7 Å². The van der Waals surface area contributed by atoms with Crippen molar-refractivity contribution in [2.75, 3.05) is 29.1 Å². The van der Waals surface area contributed by atoms with Gasteiger partial charge in [-0.15, -0.1) is 11.8 Å². The number of anilines is 2. The molecule has 0 N–H and O–H groups in total. The van der Waals surface area contributed by atoms with Crippen LogP contribution in [0.4, 0.5) is 11.4 Å². The highest BCUT2D eigenvalue weighted by atomic mass is 32.2. The van der Waals surface area contributed by atoms with Gasteiger partial charge in [0.15, 0.2) is 0 Å². The van der Waals surface area contributed by atoms with Gasteiger partial charge in [-0.2, -0.15) is 0 Å². The van der Waals surface area contributed by atoms with Crippen LogP contribution < -0.4 is 9.80 Å². The van der Waals surface area contributed by atoms with Crippen molar-refractivity contribution < 1.29 is 9.59 Å². The third kappa shape index (κ3) is 2.23. The van der Waals surface area contributed by atoms with Gasteiger partial charge < -0.3 is 9.80 Å². The summed E-state index contributed by atoms with van der Waals surface area (Å²) in [6.07, 6.45) is 0. The van der Waals surface area contributed by atoms with Gasteiger partial charge in [0.25, 0.3) is 0 Å². The minimum atomic E-state index is -0.180. The number of hydrogen-bond donors (Lipinski definition) is 0. The van der Waals surface area contributed by atoms with Crippen molar-refractivity contribution in [3.63, 3.8) is 0 Å². The molecule has 0 aliphatic carbocycles. The van der Waals surface area contributed by atoms with E-state index in [9.17, 15) is 9.59 Å². The minimum absolute atomic E-state index is 0.0105. The van der Waals surface area contributed by atoms with Crippen LogP contribution in [-0.2, 0) is 9.59 Å². The SMILES string of the molecule is CN1C(=O)CN(C(=O)[C@H]2CSc3ccccc32)c2ccccc21. The van der Waals surface area contributed by atoms with Crippen molar-refractivity contribution in [3.05, 3.63) is 54.1 Å². The lowest BCUT2D eigenvalue weighted by atomic mass is 9.99. The molecule has 2 amide bonds. The number of carbonyl (C=O) groups excluding carboxylic acids is 2. The van der Waals surface area contributed by atoms with E-state index < -0.39 is 0 Å². The molecule has 0 saturated heterocycles. The second-order valence-corrected chi connectivity index (χ2v) is 6.83. The molecule has 2 aromatic carbocycles. The van der Waals surface area contributed by atoms with Crippen LogP contribution in [0.2, 0.25) is 0 Å². The Bertz CT molecular complexity index is 805. The summed E-state index contributed by atoms with van der Waals surface area (Å²) in [6.45, 7) is 0.107. The van der Waals surface area contributed by atoms with Crippen LogP contribution in [0.15, 0.2) is 53.4 Å². The highest BCUT2D eigenvalue weighted by Crippen LogP contribution is 2.42. The lowest BCUT2D eigenvalue weighted by Crippen LogP contribution is -2.48. The van der Waals surface area contributed by atoms with E-state index in [0.29, 0.717) is 0 Å². The lowest BCUT2D eigenvalue weighted by Gasteiger charge is -2.35. The standard InChI is InChI=1S/C18H16N2O2S/c1-19-14-7-3-4-8-15(14)20(10-17(19)21)18(22)13-11-23-16-9-5-2-6-12(13)16/h2-9,13H,10-11H2,1H3/t13-/m0/s1. The van der Waals surface area contributed by atoms with E-state index in [1.807, 2.05) is 42.5 Å². The first-order valence-corrected chi connectivity index (χ1v) is 8.54. The number of carbonyl (C=O) groups is 2. The zero-order valence-corrected chi connectivity index (χ0v) is 13.5. The molecule has 2 aliphatic heterocycles.